The van der Waals surface area contributed by atoms with Crippen LogP contribution in [0, 0.1) is 17.5 Å². The lowest BCUT2D eigenvalue weighted by Crippen LogP contribution is -2.21. The number of aromatic nitrogens is 2. The van der Waals surface area contributed by atoms with E-state index in [1.54, 1.807) is 0 Å². The van der Waals surface area contributed by atoms with Crippen LogP contribution < -0.4 is 5.32 Å². The average Bonchev–Trinajstić information content (AvgIpc) is 3.03. The molecule has 0 saturated heterocycles. The van der Waals surface area contributed by atoms with Gasteiger partial charge in [0.05, 0.1) is 23.1 Å². The van der Waals surface area contributed by atoms with Gasteiger partial charge in [-0.05, 0) is 36.4 Å². The minimum absolute atomic E-state index is 0.129. The summed E-state index contributed by atoms with van der Waals surface area (Å²) in [5.74, 6) is -4.01. The van der Waals surface area contributed by atoms with E-state index in [1.807, 2.05) is 5.32 Å². The van der Waals surface area contributed by atoms with Gasteiger partial charge in [0.25, 0.3) is 5.91 Å². The number of benzene rings is 2. The van der Waals surface area contributed by atoms with Crippen LogP contribution >= 0.6 is 0 Å². The highest BCUT2D eigenvalue weighted by Crippen LogP contribution is 2.34. The molecular weight excluding hydrogens is 376 g/mol. The Hall–Kier alpha value is -3.30. The van der Waals surface area contributed by atoms with Crippen LogP contribution in [0.2, 0.25) is 0 Å². The number of halogens is 6. The zero-order valence-electron chi connectivity index (χ0n) is 13.2. The van der Waals surface area contributed by atoms with Crippen molar-refractivity contribution in [1.82, 2.24) is 9.78 Å². The highest BCUT2D eigenvalue weighted by atomic mass is 19.4. The molecule has 0 fully saturated rings. The van der Waals surface area contributed by atoms with E-state index >= 15 is 0 Å². The van der Waals surface area contributed by atoms with E-state index in [9.17, 15) is 31.1 Å². The van der Waals surface area contributed by atoms with Crippen LogP contribution in [0.15, 0.2) is 48.7 Å². The van der Waals surface area contributed by atoms with Crippen molar-refractivity contribution in [2.45, 2.75) is 6.18 Å². The van der Waals surface area contributed by atoms with Gasteiger partial charge < -0.3 is 5.32 Å². The van der Waals surface area contributed by atoms with Gasteiger partial charge in [-0.3, -0.25) is 4.79 Å². The van der Waals surface area contributed by atoms with Crippen LogP contribution in [0.25, 0.3) is 5.69 Å². The Bertz CT molecular complexity index is 995. The van der Waals surface area contributed by atoms with Gasteiger partial charge >= 0.3 is 6.18 Å². The molecule has 2 aromatic carbocycles. The maximum absolute atomic E-state index is 13.6. The number of carbonyl (C=O) groups is 1. The predicted molar refractivity (Wildman–Crippen MR) is 82.8 cm³/mol. The zero-order valence-corrected chi connectivity index (χ0v) is 13.2. The normalized spacial score (nSPS) is 11.5. The zero-order chi connectivity index (χ0) is 19.8. The smallest absolute Gasteiger partial charge is 0.319 e. The Morgan fingerprint density at radius 3 is 2.19 bits per heavy atom. The molecule has 1 N–H and O–H groups in total. The molecule has 0 spiro atoms. The monoisotopic (exact) mass is 385 g/mol. The number of nitrogens with one attached hydrogen (secondary N) is 1. The van der Waals surface area contributed by atoms with Crippen molar-refractivity contribution in [2.24, 2.45) is 0 Å². The molecule has 1 amide bonds. The number of anilines is 1. The number of rotatable bonds is 3. The molecule has 3 rings (SSSR count). The van der Waals surface area contributed by atoms with Gasteiger partial charge in [-0.15, -0.1) is 0 Å². The highest BCUT2D eigenvalue weighted by molar-refractivity contribution is 6.05. The summed E-state index contributed by atoms with van der Waals surface area (Å²) in [6, 6.07) is 6.17. The molecule has 0 radical (unpaired) electrons. The van der Waals surface area contributed by atoms with E-state index in [4.69, 9.17) is 0 Å². The molecule has 0 aliphatic carbocycles. The van der Waals surface area contributed by atoms with Gasteiger partial charge in [0.2, 0.25) is 0 Å². The van der Waals surface area contributed by atoms with Crippen LogP contribution in [0.1, 0.15) is 16.1 Å². The van der Waals surface area contributed by atoms with Gasteiger partial charge in [-0.25, -0.2) is 17.9 Å². The van der Waals surface area contributed by atoms with E-state index < -0.39 is 46.5 Å². The van der Waals surface area contributed by atoms with Crippen molar-refractivity contribution >= 4 is 11.6 Å². The molecule has 1 heterocycles. The number of carbonyl (C=O) groups excluding carboxylic acids is 1. The number of hydrogen-bond donors (Lipinski definition) is 1. The molecule has 0 bridgehead atoms. The second kappa shape index (κ2) is 6.78. The molecule has 1 aromatic heterocycles. The standard InChI is InChI=1S/C17H9F6N3O/c18-9-1-4-11(5-2-9)26-15(17(21,22)23)12(8-24-26)16(27)25-14-6-3-10(19)7-13(14)20/h1-8H,(H,25,27). The molecule has 0 atom stereocenters. The van der Waals surface area contributed by atoms with Crippen LogP contribution in [0.4, 0.5) is 32.0 Å². The molecule has 0 aliphatic heterocycles. The lowest BCUT2D eigenvalue weighted by atomic mass is 10.2. The van der Waals surface area contributed by atoms with Crippen LogP contribution in [-0.4, -0.2) is 15.7 Å². The van der Waals surface area contributed by atoms with Gasteiger partial charge in [0.15, 0.2) is 5.69 Å². The summed E-state index contributed by atoms with van der Waals surface area (Å²) in [6.07, 6.45) is -4.33. The minimum atomic E-state index is -4.99. The quantitative estimate of drug-likeness (QED) is 0.672. The summed E-state index contributed by atoms with van der Waals surface area (Å²) in [6.45, 7) is 0. The summed E-state index contributed by atoms with van der Waals surface area (Å²) >= 11 is 0. The molecule has 0 unspecified atom stereocenters. The van der Waals surface area contributed by atoms with E-state index in [2.05, 4.69) is 5.10 Å². The first-order chi connectivity index (χ1) is 12.7. The fourth-order valence-corrected chi connectivity index (χ4v) is 2.35. The van der Waals surface area contributed by atoms with Crippen molar-refractivity contribution in [3.63, 3.8) is 0 Å². The Kier molecular flexibility index (Phi) is 4.64. The first-order valence-corrected chi connectivity index (χ1v) is 7.34. The van der Waals surface area contributed by atoms with Crippen molar-refractivity contribution < 1.29 is 31.1 Å². The molecule has 0 saturated carbocycles. The Morgan fingerprint density at radius 2 is 1.59 bits per heavy atom. The number of nitrogens with zero attached hydrogens (tertiary/aromatic N) is 2. The molecule has 0 aliphatic rings. The van der Waals surface area contributed by atoms with E-state index in [-0.39, 0.29) is 5.69 Å². The maximum atomic E-state index is 13.6. The number of alkyl halides is 3. The number of hydrogen-bond acceptors (Lipinski definition) is 2. The summed E-state index contributed by atoms with van der Waals surface area (Å²) in [4.78, 5) is 12.2. The molecule has 10 heteroatoms. The Morgan fingerprint density at radius 1 is 0.963 bits per heavy atom. The molecule has 4 nitrogen and oxygen atoms in total. The largest absolute Gasteiger partial charge is 0.434 e. The molecule has 3 aromatic rings. The third-order valence-corrected chi connectivity index (χ3v) is 3.53. The molecule has 27 heavy (non-hydrogen) atoms. The fourth-order valence-electron chi connectivity index (χ4n) is 2.35. The lowest BCUT2D eigenvalue weighted by molar-refractivity contribution is -0.143. The van der Waals surface area contributed by atoms with E-state index in [0.717, 1.165) is 36.4 Å². The first-order valence-electron chi connectivity index (χ1n) is 7.34. The second-order valence-corrected chi connectivity index (χ2v) is 5.37. The average molecular weight is 385 g/mol. The van der Waals surface area contributed by atoms with Gasteiger partial charge in [0.1, 0.15) is 17.5 Å². The molecular formula is C17H9F6N3O. The molecule has 140 valence electrons. The van der Waals surface area contributed by atoms with Gasteiger partial charge in [-0.2, -0.15) is 18.3 Å². The Balaban J connectivity index is 2.02. The summed E-state index contributed by atoms with van der Waals surface area (Å²) in [7, 11) is 0. The first kappa shape index (κ1) is 18.5. The minimum Gasteiger partial charge on any atom is -0.319 e. The van der Waals surface area contributed by atoms with Crippen LogP contribution in [-0.2, 0) is 6.18 Å². The van der Waals surface area contributed by atoms with Crippen molar-refractivity contribution in [3.05, 3.63) is 77.4 Å². The van der Waals surface area contributed by atoms with Crippen molar-refractivity contribution in [1.29, 1.82) is 0 Å². The Labute approximate surface area is 148 Å². The second-order valence-electron chi connectivity index (χ2n) is 5.37. The third kappa shape index (κ3) is 3.78. The van der Waals surface area contributed by atoms with Gasteiger partial charge in [-0.1, -0.05) is 0 Å². The van der Waals surface area contributed by atoms with Crippen molar-refractivity contribution in [2.75, 3.05) is 5.32 Å². The highest BCUT2D eigenvalue weighted by Gasteiger charge is 2.40. The summed E-state index contributed by atoms with van der Waals surface area (Å²) in [5.41, 5.74) is -2.93. The van der Waals surface area contributed by atoms with E-state index in [1.165, 1.54) is 0 Å². The SMILES string of the molecule is O=C(Nc1ccc(F)cc1F)c1cnn(-c2ccc(F)cc2)c1C(F)(F)F. The lowest BCUT2D eigenvalue weighted by Gasteiger charge is -2.13. The van der Waals surface area contributed by atoms with Gasteiger partial charge in [0, 0.05) is 6.07 Å². The van der Waals surface area contributed by atoms with Crippen LogP contribution in [0.5, 0.6) is 0 Å². The fraction of sp³-hybridized carbons (Fsp3) is 0.0588. The number of amides is 1. The van der Waals surface area contributed by atoms with Crippen molar-refractivity contribution in [3.8, 4) is 5.69 Å². The third-order valence-electron chi connectivity index (χ3n) is 3.53. The maximum Gasteiger partial charge on any atom is 0.434 e. The topological polar surface area (TPSA) is 46.9 Å². The van der Waals surface area contributed by atoms with E-state index in [0.29, 0.717) is 16.9 Å². The van der Waals surface area contributed by atoms with Crippen LogP contribution in [0.3, 0.4) is 0 Å². The predicted octanol–water partition coefficient (Wildman–Crippen LogP) is 4.56. The summed E-state index contributed by atoms with van der Waals surface area (Å²) < 4.78 is 80.5. The summed E-state index contributed by atoms with van der Waals surface area (Å²) in [5, 5.41) is 5.49.